The summed E-state index contributed by atoms with van der Waals surface area (Å²) >= 11 is 0. The van der Waals surface area contributed by atoms with Crippen LogP contribution >= 0.6 is 0 Å². The van der Waals surface area contributed by atoms with Crippen LogP contribution in [0.1, 0.15) is 30.1 Å². The predicted molar refractivity (Wildman–Crippen MR) is 56.0 cm³/mol. The number of nitriles is 1. The highest BCUT2D eigenvalue weighted by Gasteiger charge is 2.12. The van der Waals surface area contributed by atoms with E-state index in [-0.39, 0.29) is 5.56 Å². The van der Waals surface area contributed by atoms with E-state index in [2.05, 4.69) is 10.3 Å². The fraction of sp³-hybridized carbons (Fsp3) is 0.364. The molecule has 1 unspecified atom stereocenters. The second-order valence-electron chi connectivity index (χ2n) is 3.34. The van der Waals surface area contributed by atoms with Gasteiger partial charge in [-0.15, -0.1) is 0 Å². The molecule has 0 saturated heterocycles. The van der Waals surface area contributed by atoms with Gasteiger partial charge in [-0.25, -0.2) is 4.39 Å². The maximum absolute atomic E-state index is 12.8. The van der Waals surface area contributed by atoms with E-state index in [0.29, 0.717) is 6.42 Å². The van der Waals surface area contributed by atoms with Gasteiger partial charge in [0.1, 0.15) is 11.9 Å². The number of nitrogens with zero attached hydrogens (tertiary/aromatic N) is 2. The molecule has 1 atom stereocenters. The van der Waals surface area contributed by atoms with Gasteiger partial charge in [-0.3, -0.25) is 9.78 Å². The third-order valence-corrected chi connectivity index (χ3v) is 2.01. The fourth-order valence-electron chi connectivity index (χ4n) is 1.24. The van der Waals surface area contributed by atoms with Gasteiger partial charge in [-0.05, 0) is 12.5 Å². The molecule has 0 bridgehead atoms. The van der Waals surface area contributed by atoms with Gasteiger partial charge in [0.25, 0.3) is 5.91 Å². The molecule has 4 nitrogen and oxygen atoms in total. The molecule has 0 aliphatic rings. The van der Waals surface area contributed by atoms with Crippen LogP contribution in [0.2, 0.25) is 0 Å². The lowest BCUT2D eigenvalue weighted by molar-refractivity contribution is 0.0943. The Morgan fingerprint density at radius 3 is 3.00 bits per heavy atom. The van der Waals surface area contributed by atoms with Crippen LogP contribution in [0.5, 0.6) is 0 Å². The average Bonchev–Trinajstić information content (AvgIpc) is 2.28. The van der Waals surface area contributed by atoms with Crippen molar-refractivity contribution in [3.63, 3.8) is 0 Å². The lowest BCUT2D eigenvalue weighted by atomic mass is 10.1. The van der Waals surface area contributed by atoms with Gasteiger partial charge in [-0.1, -0.05) is 13.3 Å². The van der Waals surface area contributed by atoms with Crippen LogP contribution < -0.4 is 5.32 Å². The number of nitrogens with one attached hydrogen (secondary N) is 1. The second-order valence-corrected chi connectivity index (χ2v) is 3.34. The maximum atomic E-state index is 12.8. The van der Waals surface area contributed by atoms with Gasteiger partial charge in [-0.2, -0.15) is 5.26 Å². The SMILES string of the molecule is CCCC(C#N)NC(=O)c1cncc(F)c1. The summed E-state index contributed by atoms with van der Waals surface area (Å²) in [6.07, 6.45) is 3.65. The van der Waals surface area contributed by atoms with Crippen molar-refractivity contribution in [2.75, 3.05) is 0 Å². The average molecular weight is 221 g/mol. The molecule has 0 spiro atoms. The zero-order valence-electron chi connectivity index (χ0n) is 8.90. The van der Waals surface area contributed by atoms with E-state index in [0.717, 1.165) is 18.7 Å². The van der Waals surface area contributed by atoms with E-state index < -0.39 is 17.8 Å². The lowest BCUT2D eigenvalue weighted by Crippen LogP contribution is -2.33. The molecule has 16 heavy (non-hydrogen) atoms. The number of hydrogen-bond acceptors (Lipinski definition) is 3. The Bertz CT molecular complexity index is 414. The molecule has 0 aliphatic heterocycles. The minimum Gasteiger partial charge on any atom is -0.336 e. The number of amides is 1. The topological polar surface area (TPSA) is 65.8 Å². The van der Waals surface area contributed by atoms with Crippen LogP contribution in [-0.2, 0) is 0 Å². The Morgan fingerprint density at radius 1 is 1.69 bits per heavy atom. The first-order chi connectivity index (χ1) is 7.67. The smallest absolute Gasteiger partial charge is 0.253 e. The Kier molecular flexibility index (Phi) is 4.40. The number of pyridine rings is 1. The molecule has 0 radical (unpaired) electrons. The molecule has 0 aromatic carbocycles. The van der Waals surface area contributed by atoms with Gasteiger partial charge < -0.3 is 5.32 Å². The van der Waals surface area contributed by atoms with Crippen molar-refractivity contribution in [3.05, 3.63) is 29.8 Å². The molecule has 84 valence electrons. The summed E-state index contributed by atoms with van der Waals surface area (Å²) in [5.74, 6) is -1.05. The van der Waals surface area contributed by atoms with E-state index in [1.54, 1.807) is 0 Å². The third-order valence-electron chi connectivity index (χ3n) is 2.01. The summed E-state index contributed by atoms with van der Waals surface area (Å²) in [7, 11) is 0. The standard InChI is InChI=1S/C11H12FN3O/c1-2-3-10(5-13)15-11(16)8-4-9(12)7-14-6-8/h4,6-7,10H,2-3H2,1H3,(H,15,16). The quantitative estimate of drug-likeness (QED) is 0.840. The minimum absolute atomic E-state index is 0.122. The van der Waals surface area contributed by atoms with Crippen LogP contribution in [0, 0.1) is 17.1 Å². The largest absolute Gasteiger partial charge is 0.336 e. The van der Waals surface area contributed by atoms with E-state index in [1.807, 2.05) is 13.0 Å². The van der Waals surface area contributed by atoms with Crippen molar-refractivity contribution in [1.29, 1.82) is 5.26 Å². The Labute approximate surface area is 93.1 Å². The van der Waals surface area contributed by atoms with Gasteiger partial charge >= 0.3 is 0 Å². The number of hydrogen-bond donors (Lipinski definition) is 1. The van der Waals surface area contributed by atoms with E-state index in [1.165, 1.54) is 6.20 Å². The number of carbonyl (C=O) groups is 1. The molecule has 1 amide bonds. The summed E-state index contributed by atoms with van der Waals surface area (Å²) in [6.45, 7) is 1.92. The van der Waals surface area contributed by atoms with Crippen LogP contribution in [0.4, 0.5) is 4.39 Å². The maximum Gasteiger partial charge on any atom is 0.253 e. The van der Waals surface area contributed by atoms with Gasteiger partial charge in [0.2, 0.25) is 0 Å². The highest BCUT2D eigenvalue weighted by molar-refractivity contribution is 5.94. The van der Waals surface area contributed by atoms with Crippen molar-refractivity contribution >= 4 is 5.91 Å². The molecular weight excluding hydrogens is 209 g/mol. The first-order valence-corrected chi connectivity index (χ1v) is 4.98. The van der Waals surface area contributed by atoms with Crippen molar-refractivity contribution in [3.8, 4) is 6.07 Å². The third kappa shape index (κ3) is 3.31. The van der Waals surface area contributed by atoms with Gasteiger partial charge in [0, 0.05) is 6.20 Å². The van der Waals surface area contributed by atoms with E-state index in [9.17, 15) is 9.18 Å². The van der Waals surface area contributed by atoms with Gasteiger partial charge in [0.05, 0.1) is 17.8 Å². The fourth-order valence-corrected chi connectivity index (χ4v) is 1.24. The van der Waals surface area contributed by atoms with Crippen LogP contribution in [0.15, 0.2) is 18.5 Å². The van der Waals surface area contributed by atoms with E-state index >= 15 is 0 Å². The highest BCUT2D eigenvalue weighted by Crippen LogP contribution is 2.02. The summed E-state index contributed by atoms with van der Waals surface area (Å²) < 4.78 is 12.8. The Balaban J connectivity index is 2.69. The molecular formula is C11H12FN3O. The van der Waals surface area contributed by atoms with Crippen molar-refractivity contribution in [1.82, 2.24) is 10.3 Å². The molecule has 0 aliphatic carbocycles. The summed E-state index contributed by atoms with van der Waals surface area (Å²) in [6, 6.07) is 2.52. The molecule has 1 aromatic heterocycles. The van der Waals surface area contributed by atoms with Crippen molar-refractivity contribution < 1.29 is 9.18 Å². The van der Waals surface area contributed by atoms with Crippen molar-refractivity contribution in [2.24, 2.45) is 0 Å². The zero-order chi connectivity index (χ0) is 12.0. The Hall–Kier alpha value is -1.96. The number of aromatic nitrogens is 1. The first kappa shape index (κ1) is 12.1. The lowest BCUT2D eigenvalue weighted by Gasteiger charge is -2.09. The van der Waals surface area contributed by atoms with E-state index in [4.69, 9.17) is 5.26 Å². The monoisotopic (exact) mass is 221 g/mol. The molecule has 1 N–H and O–H groups in total. The molecule has 1 rings (SSSR count). The predicted octanol–water partition coefficient (Wildman–Crippen LogP) is 1.64. The highest BCUT2D eigenvalue weighted by atomic mass is 19.1. The molecule has 0 saturated carbocycles. The van der Waals surface area contributed by atoms with Gasteiger partial charge in [0.15, 0.2) is 0 Å². The van der Waals surface area contributed by atoms with Crippen molar-refractivity contribution in [2.45, 2.75) is 25.8 Å². The molecule has 5 heteroatoms. The minimum atomic E-state index is -0.573. The number of halogens is 1. The van der Waals surface area contributed by atoms with Crippen LogP contribution in [-0.4, -0.2) is 16.9 Å². The molecule has 1 heterocycles. The zero-order valence-corrected chi connectivity index (χ0v) is 8.90. The summed E-state index contributed by atoms with van der Waals surface area (Å²) in [4.78, 5) is 15.1. The molecule has 1 aromatic rings. The Morgan fingerprint density at radius 2 is 2.44 bits per heavy atom. The van der Waals surface area contributed by atoms with Crippen LogP contribution in [0.25, 0.3) is 0 Å². The van der Waals surface area contributed by atoms with Crippen LogP contribution in [0.3, 0.4) is 0 Å². The normalized spacial score (nSPS) is 11.6. The first-order valence-electron chi connectivity index (χ1n) is 4.98. The number of rotatable bonds is 4. The summed E-state index contributed by atoms with van der Waals surface area (Å²) in [5, 5.41) is 11.3. The number of carbonyl (C=O) groups excluding carboxylic acids is 1. The molecule has 0 fully saturated rings. The summed E-state index contributed by atoms with van der Waals surface area (Å²) in [5.41, 5.74) is 0.122. The second kappa shape index (κ2) is 5.81.